The molecule has 0 heterocycles. The Morgan fingerprint density at radius 1 is 0.324 bits per heavy atom. The molecule has 0 aromatic heterocycles. The summed E-state index contributed by atoms with van der Waals surface area (Å²) in [6.07, 6.45) is 86.5. The summed E-state index contributed by atoms with van der Waals surface area (Å²) in [5.41, 5.74) is 0. The van der Waals surface area contributed by atoms with E-state index in [0.29, 0.717) is 6.42 Å². The first-order valence-electron chi connectivity index (χ1n) is 32.7. The smallest absolute Gasteiger partial charge is 0.220 e. The van der Waals surface area contributed by atoms with Gasteiger partial charge in [-0.2, -0.15) is 0 Å². The molecule has 0 aliphatic heterocycles. The number of hydrogen-bond acceptors (Lipinski definition) is 3. The standard InChI is InChI=1S/C67H129NO3/c1-3-5-7-9-11-13-15-17-19-21-23-25-27-28-29-30-31-32-33-34-35-36-37-38-39-40-41-43-45-47-49-51-53-55-57-59-61-63-67(71)68-65(64-69)66(70)62-60-58-56-54-52-50-48-46-44-42-26-24-22-20-18-16-14-12-10-8-6-4-2/h21,23,52,54,60,62,65-66,69-70H,3-20,22,24-51,53,55-59,61,63-64H2,1-2H3,(H,68,71)/b23-21-,54-52+,62-60+. The van der Waals surface area contributed by atoms with Gasteiger partial charge in [-0.25, -0.2) is 0 Å². The van der Waals surface area contributed by atoms with Gasteiger partial charge in [-0.3, -0.25) is 4.79 Å². The highest BCUT2D eigenvalue weighted by Crippen LogP contribution is 2.18. The maximum absolute atomic E-state index is 12.5. The van der Waals surface area contributed by atoms with Crippen LogP contribution in [-0.4, -0.2) is 34.9 Å². The van der Waals surface area contributed by atoms with Crippen molar-refractivity contribution in [3.05, 3.63) is 36.5 Å². The Bertz CT molecular complexity index is 1080. The lowest BCUT2D eigenvalue weighted by atomic mass is 10.0. The second-order valence-electron chi connectivity index (χ2n) is 22.5. The van der Waals surface area contributed by atoms with Gasteiger partial charge < -0.3 is 15.5 Å². The van der Waals surface area contributed by atoms with Gasteiger partial charge in [-0.05, 0) is 57.8 Å². The lowest BCUT2D eigenvalue weighted by Crippen LogP contribution is -2.45. The molecule has 0 aliphatic carbocycles. The Labute approximate surface area is 446 Å². The number of allylic oxidation sites excluding steroid dienone is 5. The first-order chi connectivity index (χ1) is 35.2. The van der Waals surface area contributed by atoms with E-state index in [1.807, 2.05) is 6.08 Å². The summed E-state index contributed by atoms with van der Waals surface area (Å²) in [5, 5.41) is 23.2. The Hall–Kier alpha value is -1.39. The molecule has 3 N–H and O–H groups in total. The number of unbranched alkanes of at least 4 members (excludes halogenated alkanes) is 50. The molecule has 0 fully saturated rings. The molecule has 0 bridgehead atoms. The summed E-state index contributed by atoms with van der Waals surface area (Å²) in [4.78, 5) is 12.5. The topological polar surface area (TPSA) is 69.6 Å². The molecule has 4 heteroatoms. The maximum atomic E-state index is 12.5. The van der Waals surface area contributed by atoms with Gasteiger partial charge in [0, 0.05) is 6.42 Å². The molecule has 4 nitrogen and oxygen atoms in total. The van der Waals surface area contributed by atoms with Crippen molar-refractivity contribution in [2.75, 3.05) is 6.61 Å². The van der Waals surface area contributed by atoms with Crippen LogP contribution in [0, 0.1) is 0 Å². The minimum atomic E-state index is -0.861. The van der Waals surface area contributed by atoms with Crippen LogP contribution in [0.15, 0.2) is 36.5 Å². The van der Waals surface area contributed by atoms with Crippen molar-refractivity contribution in [3.63, 3.8) is 0 Å². The maximum Gasteiger partial charge on any atom is 0.220 e. The van der Waals surface area contributed by atoms with Crippen molar-refractivity contribution < 1.29 is 15.0 Å². The predicted octanol–water partition coefficient (Wildman–Crippen LogP) is 22.0. The largest absolute Gasteiger partial charge is 0.394 e. The Kier molecular flexibility index (Phi) is 61.7. The van der Waals surface area contributed by atoms with Crippen LogP contribution in [-0.2, 0) is 4.79 Å². The SMILES string of the molecule is CCCCCCCCCC/C=C\CCCCCCCCCCCCCCCCCCCCCCCCCCCC(=O)NC(CO)C(O)/C=C/CC/C=C/CCCCCCCCCCCCCCCCCC. The summed E-state index contributed by atoms with van der Waals surface area (Å²) in [6, 6.07) is -0.638. The van der Waals surface area contributed by atoms with Crippen LogP contribution >= 0.6 is 0 Å². The zero-order valence-electron chi connectivity index (χ0n) is 48.5. The van der Waals surface area contributed by atoms with E-state index in [0.717, 1.165) is 32.1 Å². The van der Waals surface area contributed by atoms with Crippen molar-refractivity contribution in [1.29, 1.82) is 0 Å². The number of carbonyl (C=O) groups is 1. The highest BCUT2D eigenvalue weighted by atomic mass is 16.3. The predicted molar refractivity (Wildman–Crippen MR) is 318 cm³/mol. The van der Waals surface area contributed by atoms with Crippen molar-refractivity contribution in [2.45, 2.75) is 379 Å². The highest BCUT2D eigenvalue weighted by molar-refractivity contribution is 5.76. The lowest BCUT2D eigenvalue weighted by Gasteiger charge is -2.19. The molecule has 0 rings (SSSR count). The van der Waals surface area contributed by atoms with Crippen LogP contribution < -0.4 is 5.32 Å². The molecule has 0 aliphatic rings. The number of nitrogens with one attached hydrogen (secondary N) is 1. The van der Waals surface area contributed by atoms with Crippen LogP contribution in [0.1, 0.15) is 367 Å². The molecule has 0 aromatic carbocycles. The Morgan fingerprint density at radius 2 is 0.549 bits per heavy atom. The van der Waals surface area contributed by atoms with Crippen LogP contribution in [0.4, 0.5) is 0 Å². The third kappa shape index (κ3) is 59.4. The first kappa shape index (κ1) is 69.6. The van der Waals surface area contributed by atoms with E-state index in [9.17, 15) is 15.0 Å². The molecule has 420 valence electrons. The van der Waals surface area contributed by atoms with E-state index < -0.39 is 12.1 Å². The van der Waals surface area contributed by atoms with Crippen molar-refractivity contribution in [3.8, 4) is 0 Å². The van der Waals surface area contributed by atoms with E-state index in [2.05, 4.69) is 43.5 Å². The number of aliphatic hydroxyl groups excluding tert-OH is 2. The average Bonchev–Trinajstić information content (AvgIpc) is 3.37. The van der Waals surface area contributed by atoms with Crippen LogP contribution in [0.2, 0.25) is 0 Å². The quantitative estimate of drug-likeness (QED) is 0.0420. The van der Waals surface area contributed by atoms with Gasteiger partial charge in [0.05, 0.1) is 18.8 Å². The zero-order valence-corrected chi connectivity index (χ0v) is 48.5. The van der Waals surface area contributed by atoms with Crippen molar-refractivity contribution >= 4 is 5.91 Å². The van der Waals surface area contributed by atoms with E-state index in [-0.39, 0.29) is 12.5 Å². The normalized spacial score (nSPS) is 12.9. The van der Waals surface area contributed by atoms with Gasteiger partial charge in [0.15, 0.2) is 0 Å². The Morgan fingerprint density at radius 3 is 0.817 bits per heavy atom. The molecule has 2 unspecified atom stereocenters. The van der Waals surface area contributed by atoms with Gasteiger partial charge in [0.2, 0.25) is 5.91 Å². The molecule has 71 heavy (non-hydrogen) atoms. The molecule has 0 saturated carbocycles. The Balaban J connectivity index is 3.42. The summed E-state index contributed by atoms with van der Waals surface area (Å²) >= 11 is 0. The monoisotopic (exact) mass is 996 g/mol. The summed E-state index contributed by atoms with van der Waals surface area (Å²) in [6.45, 7) is 4.34. The molecule has 0 saturated heterocycles. The second-order valence-corrected chi connectivity index (χ2v) is 22.5. The number of amides is 1. The molecule has 2 atom stereocenters. The van der Waals surface area contributed by atoms with Crippen LogP contribution in [0.5, 0.6) is 0 Å². The zero-order chi connectivity index (χ0) is 51.3. The molecular weight excluding hydrogens is 867 g/mol. The van der Waals surface area contributed by atoms with Gasteiger partial charge in [-0.15, -0.1) is 0 Å². The summed E-state index contributed by atoms with van der Waals surface area (Å²) in [7, 11) is 0. The van der Waals surface area contributed by atoms with Gasteiger partial charge in [0.25, 0.3) is 0 Å². The van der Waals surface area contributed by atoms with E-state index in [1.165, 1.54) is 315 Å². The molecule has 0 radical (unpaired) electrons. The molecule has 0 aromatic rings. The van der Waals surface area contributed by atoms with Crippen molar-refractivity contribution in [1.82, 2.24) is 5.32 Å². The number of aliphatic hydroxyl groups is 2. The van der Waals surface area contributed by atoms with Crippen molar-refractivity contribution in [2.24, 2.45) is 0 Å². The van der Waals surface area contributed by atoms with Crippen LogP contribution in [0.3, 0.4) is 0 Å². The average molecular weight is 997 g/mol. The fourth-order valence-corrected chi connectivity index (χ4v) is 10.4. The molecule has 0 spiro atoms. The minimum absolute atomic E-state index is 0.0661. The fourth-order valence-electron chi connectivity index (χ4n) is 10.4. The summed E-state index contributed by atoms with van der Waals surface area (Å²) in [5.74, 6) is -0.0661. The minimum Gasteiger partial charge on any atom is -0.394 e. The highest BCUT2D eigenvalue weighted by Gasteiger charge is 2.18. The van der Waals surface area contributed by atoms with E-state index in [1.54, 1.807) is 6.08 Å². The van der Waals surface area contributed by atoms with E-state index >= 15 is 0 Å². The fraction of sp³-hybridized carbons (Fsp3) is 0.896. The number of hydrogen-bond donors (Lipinski definition) is 3. The second kappa shape index (κ2) is 62.9. The lowest BCUT2D eigenvalue weighted by molar-refractivity contribution is -0.123. The molecular formula is C67H129NO3. The summed E-state index contributed by atoms with van der Waals surface area (Å²) < 4.78 is 0. The van der Waals surface area contributed by atoms with E-state index in [4.69, 9.17) is 0 Å². The third-order valence-corrected chi connectivity index (χ3v) is 15.3. The number of rotatable bonds is 61. The van der Waals surface area contributed by atoms with Gasteiger partial charge in [0.1, 0.15) is 0 Å². The van der Waals surface area contributed by atoms with Gasteiger partial charge in [-0.1, -0.05) is 339 Å². The number of carbonyl (C=O) groups excluding carboxylic acids is 1. The third-order valence-electron chi connectivity index (χ3n) is 15.3. The van der Waals surface area contributed by atoms with Crippen LogP contribution in [0.25, 0.3) is 0 Å². The molecule has 1 amide bonds. The van der Waals surface area contributed by atoms with Gasteiger partial charge >= 0.3 is 0 Å². The first-order valence-corrected chi connectivity index (χ1v) is 32.7.